The molecule has 0 radical (unpaired) electrons. The van der Waals surface area contributed by atoms with Crippen LogP contribution in [0.2, 0.25) is 0 Å². The summed E-state index contributed by atoms with van der Waals surface area (Å²) in [6.07, 6.45) is -5.70. The predicted molar refractivity (Wildman–Crippen MR) is 75.4 cm³/mol. The fourth-order valence-electron chi connectivity index (χ4n) is 6.05. The standard InChI is InChI=1S/C17H18F6O3/c1-25-15(16(18,19)20,17(21,22)23)26-14(24)11-6-9-5-10(11)13-8-3-2-7(4-8)12(9)13/h2-3,7-13H,4-6H2,1H3. The smallest absolute Gasteiger partial charge is 0.416 e. The Labute approximate surface area is 145 Å². The van der Waals surface area contributed by atoms with E-state index in [0.717, 1.165) is 6.42 Å². The molecule has 0 aromatic carbocycles. The van der Waals surface area contributed by atoms with E-state index in [-0.39, 0.29) is 37.2 Å². The summed E-state index contributed by atoms with van der Waals surface area (Å²) in [6.45, 7) is 0. The maximum atomic E-state index is 13.1. The number of alkyl halides is 6. The number of esters is 1. The van der Waals surface area contributed by atoms with E-state index in [0.29, 0.717) is 18.3 Å². The van der Waals surface area contributed by atoms with Crippen LogP contribution >= 0.6 is 0 Å². The highest BCUT2D eigenvalue weighted by Crippen LogP contribution is 2.67. The molecule has 0 heterocycles. The third-order valence-corrected chi connectivity index (χ3v) is 6.85. The van der Waals surface area contributed by atoms with Crippen LogP contribution in [0.3, 0.4) is 0 Å². The molecular formula is C17H18F6O3. The Morgan fingerprint density at radius 3 is 2.04 bits per heavy atom. The zero-order valence-corrected chi connectivity index (χ0v) is 13.8. The lowest BCUT2D eigenvalue weighted by molar-refractivity contribution is -0.451. The molecule has 146 valence electrons. The summed E-state index contributed by atoms with van der Waals surface area (Å²) in [5.74, 6) is -6.11. The van der Waals surface area contributed by atoms with E-state index < -0.39 is 30.0 Å². The summed E-state index contributed by atoms with van der Waals surface area (Å²) in [5, 5.41) is 0. The molecule has 4 aliphatic rings. The molecule has 0 spiro atoms. The van der Waals surface area contributed by atoms with Crippen LogP contribution in [0.1, 0.15) is 19.3 Å². The van der Waals surface area contributed by atoms with E-state index in [9.17, 15) is 31.1 Å². The first kappa shape index (κ1) is 18.1. The van der Waals surface area contributed by atoms with Crippen molar-refractivity contribution in [3.63, 3.8) is 0 Å². The van der Waals surface area contributed by atoms with Crippen LogP contribution in [0.4, 0.5) is 26.3 Å². The third-order valence-electron chi connectivity index (χ3n) is 6.85. The third kappa shape index (κ3) is 2.21. The molecule has 26 heavy (non-hydrogen) atoms. The molecule has 4 bridgehead atoms. The first-order chi connectivity index (χ1) is 12.0. The summed E-state index contributed by atoms with van der Waals surface area (Å²) in [7, 11) is 0.242. The Hall–Kier alpha value is -1.25. The maximum Gasteiger partial charge on any atom is 0.465 e. The van der Waals surface area contributed by atoms with Gasteiger partial charge < -0.3 is 9.47 Å². The van der Waals surface area contributed by atoms with E-state index in [4.69, 9.17) is 0 Å². The predicted octanol–water partition coefficient (Wildman–Crippen LogP) is 4.09. The summed E-state index contributed by atoms with van der Waals surface area (Å²) < 4.78 is 86.4. The highest BCUT2D eigenvalue weighted by Gasteiger charge is 2.77. The fraction of sp³-hybridized carbons (Fsp3) is 0.824. The van der Waals surface area contributed by atoms with E-state index in [1.54, 1.807) is 0 Å². The molecule has 0 aromatic heterocycles. The number of carbonyl (C=O) groups is 1. The van der Waals surface area contributed by atoms with Crippen LogP contribution < -0.4 is 0 Å². The number of rotatable bonds is 3. The lowest BCUT2D eigenvalue weighted by atomic mass is 9.69. The highest BCUT2D eigenvalue weighted by molar-refractivity contribution is 5.74. The molecular weight excluding hydrogens is 366 g/mol. The van der Waals surface area contributed by atoms with Gasteiger partial charge in [0.05, 0.1) is 5.92 Å². The second-order valence-corrected chi connectivity index (χ2v) is 7.84. The van der Waals surface area contributed by atoms with E-state index in [1.807, 2.05) is 0 Å². The van der Waals surface area contributed by atoms with Crippen LogP contribution in [-0.4, -0.2) is 31.2 Å². The molecule has 7 atom stereocenters. The Morgan fingerprint density at radius 2 is 1.50 bits per heavy atom. The number of allylic oxidation sites excluding steroid dienone is 2. The van der Waals surface area contributed by atoms with Crippen LogP contribution in [0, 0.1) is 41.4 Å². The summed E-state index contributed by atoms with van der Waals surface area (Å²) in [5.41, 5.74) is 0. The van der Waals surface area contributed by atoms with Crippen molar-refractivity contribution in [1.29, 1.82) is 0 Å². The van der Waals surface area contributed by atoms with Crippen molar-refractivity contribution in [1.82, 2.24) is 0 Å². The van der Waals surface area contributed by atoms with E-state index in [1.165, 1.54) is 0 Å². The number of hydrogen-bond acceptors (Lipinski definition) is 3. The van der Waals surface area contributed by atoms with Gasteiger partial charge in [-0.1, -0.05) is 12.2 Å². The average Bonchev–Trinajstić information content (AvgIpc) is 3.26. The summed E-state index contributed by atoms with van der Waals surface area (Å²) in [4.78, 5) is 12.4. The van der Waals surface area contributed by atoms with Crippen LogP contribution in [-0.2, 0) is 14.3 Å². The Kier molecular flexibility index (Phi) is 3.76. The number of ether oxygens (including phenoxy) is 2. The minimum Gasteiger partial charge on any atom is -0.416 e. The molecule has 3 saturated carbocycles. The molecule has 0 amide bonds. The van der Waals surface area contributed by atoms with Gasteiger partial charge in [-0.2, -0.15) is 26.3 Å². The average molecular weight is 384 g/mol. The van der Waals surface area contributed by atoms with E-state index in [2.05, 4.69) is 21.6 Å². The van der Waals surface area contributed by atoms with Crippen molar-refractivity contribution in [3.8, 4) is 0 Å². The monoisotopic (exact) mass is 384 g/mol. The van der Waals surface area contributed by atoms with Gasteiger partial charge in [0.15, 0.2) is 0 Å². The highest BCUT2D eigenvalue weighted by atomic mass is 19.4. The molecule has 4 aliphatic carbocycles. The van der Waals surface area contributed by atoms with Crippen molar-refractivity contribution in [2.45, 2.75) is 37.4 Å². The van der Waals surface area contributed by atoms with Crippen molar-refractivity contribution in [3.05, 3.63) is 12.2 Å². The second kappa shape index (κ2) is 5.39. The van der Waals surface area contributed by atoms with Gasteiger partial charge in [0.1, 0.15) is 0 Å². The number of fused-ring (bicyclic) bond motifs is 9. The van der Waals surface area contributed by atoms with Gasteiger partial charge in [0, 0.05) is 7.11 Å². The largest absolute Gasteiger partial charge is 0.465 e. The molecule has 9 heteroatoms. The normalized spacial score (nSPS) is 41.0. The van der Waals surface area contributed by atoms with Gasteiger partial charge in [0.2, 0.25) is 0 Å². The van der Waals surface area contributed by atoms with Crippen molar-refractivity contribution >= 4 is 5.97 Å². The molecule has 0 N–H and O–H groups in total. The molecule has 7 unspecified atom stereocenters. The van der Waals surface area contributed by atoms with Gasteiger partial charge in [-0.25, -0.2) is 0 Å². The van der Waals surface area contributed by atoms with E-state index >= 15 is 0 Å². The zero-order valence-electron chi connectivity index (χ0n) is 13.8. The maximum absolute atomic E-state index is 13.1. The SMILES string of the molecule is COC(OC(=O)C1CC2CC1C1C3C=CC(C3)C21)(C(F)(F)F)C(F)(F)F. The molecule has 4 rings (SSSR count). The molecule has 0 saturated heterocycles. The molecule has 0 aliphatic heterocycles. The molecule has 3 nitrogen and oxygen atoms in total. The number of methoxy groups -OCH3 is 1. The van der Waals surface area contributed by atoms with Crippen molar-refractivity contribution in [2.75, 3.05) is 7.11 Å². The quantitative estimate of drug-likeness (QED) is 0.242. The fourth-order valence-corrected chi connectivity index (χ4v) is 6.05. The number of carbonyl (C=O) groups excluding carboxylic acids is 1. The Balaban J connectivity index is 1.56. The molecule has 3 fully saturated rings. The Bertz CT molecular complexity index is 625. The summed E-state index contributed by atoms with van der Waals surface area (Å²) in [6, 6.07) is 0. The van der Waals surface area contributed by atoms with Crippen molar-refractivity contribution < 1.29 is 40.6 Å². The van der Waals surface area contributed by atoms with Crippen LogP contribution in [0.5, 0.6) is 0 Å². The molecule has 0 aromatic rings. The first-order valence-corrected chi connectivity index (χ1v) is 8.60. The van der Waals surface area contributed by atoms with Gasteiger partial charge in [-0.05, 0) is 54.8 Å². The van der Waals surface area contributed by atoms with Gasteiger partial charge in [-0.15, -0.1) is 0 Å². The number of halogens is 6. The topological polar surface area (TPSA) is 35.5 Å². The lowest BCUT2D eigenvalue weighted by Crippen LogP contribution is -2.61. The minimum absolute atomic E-state index is 0.162. The van der Waals surface area contributed by atoms with Crippen LogP contribution in [0.15, 0.2) is 12.2 Å². The second-order valence-electron chi connectivity index (χ2n) is 7.84. The number of hydrogen-bond donors (Lipinski definition) is 0. The van der Waals surface area contributed by atoms with Gasteiger partial charge >= 0.3 is 24.1 Å². The van der Waals surface area contributed by atoms with Crippen LogP contribution in [0.25, 0.3) is 0 Å². The van der Waals surface area contributed by atoms with Gasteiger partial charge in [-0.3, -0.25) is 4.79 Å². The minimum atomic E-state index is -5.93. The Morgan fingerprint density at radius 1 is 0.923 bits per heavy atom. The van der Waals surface area contributed by atoms with Gasteiger partial charge in [0.25, 0.3) is 0 Å². The van der Waals surface area contributed by atoms with Crippen molar-refractivity contribution in [2.24, 2.45) is 41.4 Å². The lowest BCUT2D eigenvalue weighted by Gasteiger charge is -2.38. The summed E-state index contributed by atoms with van der Waals surface area (Å²) >= 11 is 0. The zero-order chi connectivity index (χ0) is 19.1. The first-order valence-electron chi connectivity index (χ1n) is 8.60.